The molecule has 0 saturated heterocycles. The van der Waals surface area contributed by atoms with Gasteiger partial charge in [-0.05, 0) is 42.4 Å². The zero-order chi connectivity index (χ0) is 14.5. The van der Waals surface area contributed by atoms with Crippen LogP contribution in [0.15, 0.2) is 24.3 Å². The molecule has 0 aromatic heterocycles. The number of ether oxygens (including phenoxy) is 1. The van der Waals surface area contributed by atoms with Gasteiger partial charge in [0.1, 0.15) is 5.75 Å². The number of hydrogen-bond donors (Lipinski definition) is 1. The second-order valence-electron chi connectivity index (χ2n) is 5.58. The van der Waals surface area contributed by atoms with Gasteiger partial charge in [0.2, 0.25) is 0 Å². The van der Waals surface area contributed by atoms with Crippen molar-refractivity contribution in [3.8, 4) is 5.75 Å². The first-order chi connectivity index (χ1) is 9.60. The molecule has 0 spiro atoms. The van der Waals surface area contributed by atoms with Crippen molar-refractivity contribution in [2.24, 2.45) is 11.8 Å². The summed E-state index contributed by atoms with van der Waals surface area (Å²) in [5, 5.41) is 10.4. The van der Waals surface area contributed by atoms with Crippen LogP contribution in [-0.4, -0.2) is 11.7 Å². The minimum atomic E-state index is -2.81. The molecule has 0 aliphatic heterocycles. The Morgan fingerprint density at radius 3 is 2.25 bits per heavy atom. The molecule has 1 atom stereocenters. The molecule has 4 heteroatoms. The molecule has 0 amide bonds. The number of alkyl halides is 2. The minimum absolute atomic E-state index is 0.130. The molecule has 1 aromatic rings. The molecule has 1 saturated carbocycles. The van der Waals surface area contributed by atoms with E-state index in [2.05, 4.69) is 11.7 Å². The molecule has 1 aromatic carbocycles. The van der Waals surface area contributed by atoms with Crippen molar-refractivity contribution in [1.82, 2.24) is 0 Å². The SMILES string of the molecule is CCC1CCC(C(O)c2ccc(OC(F)F)cc2)CC1. The summed E-state index contributed by atoms with van der Waals surface area (Å²) in [6.45, 7) is -0.599. The molecule has 1 unspecified atom stereocenters. The second kappa shape index (κ2) is 7.02. The van der Waals surface area contributed by atoms with Gasteiger partial charge in [-0.15, -0.1) is 0 Å². The highest BCUT2D eigenvalue weighted by Crippen LogP contribution is 2.38. The van der Waals surface area contributed by atoms with Crippen LogP contribution >= 0.6 is 0 Å². The molecule has 2 rings (SSSR count). The van der Waals surface area contributed by atoms with Gasteiger partial charge in [0.15, 0.2) is 0 Å². The van der Waals surface area contributed by atoms with E-state index in [-0.39, 0.29) is 11.7 Å². The average Bonchev–Trinajstić information content (AvgIpc) is 2.47. The molecule has 112 valence electrons. The smallest absolute Gasteiger partial charge is 0.387 e. The summed E-state index contributed by atoms with van der Waals surface area (Å²) in [6, 6.07) is 6.33. The number of aliphatic hydroxyl groups is 1. The predicted molar refractivity (Wildman–Crippen MR) is 73.8 cm³/mol. The van der Waals surface area contributed by atoms with E-state index in [1.807, 2.05) is 0 Å². The van der Waals surface area contributed by atoms with Crippen LogP contribution in [0, 0.1) is 11.8 Å². The van der Waals surface area contributed by atoms with E-state index in [9.17, 15) is 13.9 Å². The Bertz CT molecular complexity index is 397. The highest BCUT2D eigenvalue weighted by atomic mass is 19.3. The average molecular weight is 284 g/mol. The van der Waals surface area contributed by atoms with Crippen molar-refractivity contribution < 1.29 is 18.6 Å². The Kier molecular flexibility index (Phi) is 5.35. The Hall–Kier alpha value is -1.16. The summed E-state index contributed by atoms with van der Waals surface area (Å²) in [6.07, 6.45) is 5.12. The fourth-order valence-corrected chi connectivity index (χ4v) is 3.03. The monoisotopic (exact) mass is 284 g/mol. The quantitative estimate of drug-likeness (QED) is 0.860. The lowest BCUT2D eigenvalue weighted by Crippen LogP contribution is -2.20. The van der Waals surface area contributed by atoms with Crippen LogP contribution in [0.25, 0.3) is 0 Å². The maximum atomic E-state index is 12.1. The van der Waals surface area contributed by atoms with Crippen LogP contribution in [-0.2, 0) is 0 Å². The number of benzene rings is 1. The van der Waals surface area contributed by atoms with E-state index in [0.29, 0.717) is 0 Å². The van der Waals surface area contributed by atoms with E-state index < -0.39 is 12.7 Å². The summed E-state index contributed by atoms with van der Waals surface area (Å²) >= 11 is 0. The summed E-state index contributed by atoms with van der Waals surface area (Å²) in [7, 11) is 0. The summed E-state index contributed by atoms with van der Waals surface area (Å²) in [4.78, 5) is 0. The molecule has 1 aliphatic rings. The lowest BCUT2D eigenvalue weighted by atomic mass is 9.77. The van der Waals surface area contributed by atoms with Crippen molar-refractivity contribution in [3.63, 3.8) is 0 Å². The van der Waals surface area contributed by atoms with Gasteiger partial charge < -0.3 is 9.84 Å². The third kappa shape index (κ3) is 3.92. The first-order valence-electron chi connectivity index (χ1n) is 7.33. The van der Waals surface area contributed by atoms with Crippen molar-refractivity contribution in [3.05, 3.63) is 29.8 Å². The Balaban J connectivity index is 1.94. The summed E-state index contributed by atoms with van der Waals surface area (Å²) < 4.78 is 28.4. The van der Waals surface area contributed by atoms with Crippen LogP contribution in [0.5, 0.6) is 5.75 Å². The molecule has 0 radical (unpaired) electrons. The fraction of sp³-hybridized carbons (Fsp3) is 0.625. The molecule has 1 fully saturated rings. The lowest BCUT2D eigenvalue weighted by molar-refractivity contribution is -0.0498. The first kappa shape index (κ1) is 15.2. The highest BCUT2D eigenvalue weighted by molar-refractivity contribution is 5.28. The Morgan fingerprint density at radius 2 is 1.75 bits per heavy atom. The van der Waals surface area contributed by atoms with Crippen LogP contribution in [0.4, 0.5) is 8.78 Å². The highest BCUT2D eigenvalue weighted by Gasteiger charge is 2.26. The van der Waals surface area contributed by atoms with Gasteiger partial charge in [0, 0.05) is 0 Å². The number of aliphatic hydroxyl groups excluding tert-OH is 1. The molecular formula is C16H22F2O2. The van der Waals surface area contributed by atoms with Crippen molar-refractivity contribution in [1.29, 1.82) is 0 Å². The zero-order valence-electron chi connectivity index (χ0n) is 11.8. The van der Waals surface area contributed by atoms with E-state index in [0.717, 1.165) is 24.3 Å². The minimum Gasteiger partial charge on any atom is -0.435 e. The summed E-state index contributed by atoms with van der Waals surface area (Å²) in [5.74, 6) is 1.20. The largest absolute Gasteiger partial charge is 0.435 e. The van der Waals surface area contributed by atoms with Gasteiger partial charge in [0.25, 0.3) is 0 Å². The van der Waals surface area contributed by atoms with E-state index in [1.165, 1.54) is 31.4 Å². The Labute approximate surface area is 118 Å². The maximum Gasteiger partial charge on any atom is 0.387 e. The number of halogens is 2. The van der Waals surface area contributed by atoms with Gasteiger partial charge in [-0.2, -0.15) is 8.78 Å². The van der Waals surface area contributed by atoms with Gasteiger partial charge in [-0.3, -0.25) is 0 Å². The fourth-order valence-electron chi connectivity index (χ4n) is 3.03. The van der Waals surface area contributed by atoms with Gasteiger partial charge in [-0.1, -0.05) is 38.3 Å². The molecule has 1 aliphatic carbocycles. The zero-order valence-corrected chi connectivity index (χ0v) is 11.8. The maximum absolute atomic E-state index is 12.1. The topological polar surface area (TPSA) is 29.5 Å². The van der Waals surface area contributed by atoms with E-state index in [4.69, 9.17) is 0 Å². The van der Waals surface area contributed by atoms with Crippen molar-refractivity contribution in [2.45, 2.75) is 51.7 Å². The predicted octanol–water partition coefficient (Wildman–Crippen LogP) is 4.54. The normalized spacial score (nSPS) is 24.6. The first-order valence-corrected chi connectivity index (χ1v) is 7.33. The number of hydrogen-bond acceptors (Lipinski definition) is 2. The molecule has 0 bridgehead atoms. The third-order valence-electron chi connectivity index (χ3n) is 4.36. The van der Waals surface area contributed by atoms with Crippen LogP contribution in [0.3, 0.4) is 0 Å². The molecule has 2 nitrogen and oxygen atoms in total. The van der Waals surface area contributed by atoms with Gasteiger partial charge >= 0.3 is 6.61 Å². The van der Waals surface area contributed by atoms with Crippen molar-refractivity contribution in [2.75, 3.05) is 0 Å². The van der Waals surface area contributed by atoms with Gasteiger partial charge in [0.05, 0.1) is 6.10 Å². The van der Waals surface area contributed by atoms with Crippen molar-refractivity contribution >= 4 is 0 Å². The molecule has 20 heavy (non-hydrogen) atoms. The number of rotatable bonds is 5. The standard InChI is InChI=1S/C16H22F2O2/c1-2-11-3-5-12(6-4-11)15(19)13-7-9-14(10-8-13)20-16(17)18/h7-12,15-16,19H,2-6H2,1H3. The summed E-state index contributed by atoms with van der Waals surface area (Å²) in [5.41, 5.74) is 0.784. The van der Waals surface area contributed by atoms with E-state index >= 15 is 0 Å². The molecular weight excluding hydrogens is 262 g/mol. The lowest BCUT2D eigenvalue weighted by Gasteiger charge is -2.31. The molecule has 0 heterocycles. The van der Waals surface area contributed by atoms with Crippen LogP contribution in [0.1, 0.15) is 50.7 Å². The van der Waals surface area contributed by atoms with E-state index in [1.54, 1.807) is 12.1 Å². The van der Waals surface area contributed by atoms with Crippen LogP contribution < -0.4 is 4.74 Å². The second-order valence-corrected chi connectivity index (χ2v) is 5.58. The third-order valence-corrected chi connectivity index (χ3v) is 4.36. The van der Waals surface area contributed by atoms with Gasteiger partial charge in [-0.25, -0.2) is 0 Å². The van der Waals surface area contributed by atoms with Crippen LogP contribution in [0.2, 0.25) is 0 Å². The Morgan fingerprint density at radius 1 is 1.15 bits per heavy atom. The molecule has 1 N–H and O–H groups in total.